The third-order valence-corrected chi connectivity index (χ3v) is 3.55. The molecule has 0 aliphatic carbocycles. The van der Waals surface area contributed by atoms with Gasteiger partial charge >= 0.3 is 0 Å². The lowest BCUT2D eigenvalue weighted by atomic mass is 9.75. The van der Waals surface area contributed by atoms with Gasteiger partial charge in [-0.3, -0.25) is 0 Å². The lowest BCUT2D eigenvalue weighted by Crippen LogP contribution is -2.21. The van der Waals surface area contributed by atoms with Crippen molar-refractivity contribution in [1.82, 2.24) is 0 Å². The lowest BCUT2D eigenvalue weighted by molar-refractivity contribution is 0.111. The minimum absolute atomic E-state index is 0.576. The summed E-state index contributed by atoms with van der Waals surface area (Å²) in [7, 11) is 0. The Balaban J connectivity index is 1.97. The van der Waals surface area contributed by atoms with E-state index in [1.54, 1.807) is 0 Å². The van der Waals surface area contributed by atoms with Gasteiger partial charge in [-0.2, -0.15) is 0 Å². The van der Waals surface area contributed by atoms with Crippen LogP contribution in [0.5, 0.6) is 0 Å². The van der Waals surface area contributed by atoms with Crippen LogP contribution in [0, 0.1) is 5.41 Å². The Labute approximate surface area is 80.6 Å². The summed E-state index contributed by atoms with van der Waals surface area (Å²) in [6.07, 6.45) is 7.74. The molecule has 0 radical (unpaired) electrons. The zero-order valence-electron chi connectivity index (χ0n) is 8.39. The summed E-state index contributed by atoms with van der Waals surface area (Å²) in [6.45, 7) is 3.89. The highest BCUT2D eigenvalue weighted by atomic mass is 16.5. The van der Waals surface area contributed by atoms with Gasteiger partial charge in [-0.15, -0.1) is 0 Å². The minimum Gasteiger partial charge on any atom is -0.381 e. The standard InChI is InChI=1S/C11H20O2/c1-3-11(5-9-12-7-1)4-2-8-13-10-6-11/h1-10H2. The summed E-state index contributed by atoms with van der Waals surface area (Å²) >= 11 is 0. The van der Waals surface area contributed by atoms with Gasteiger partial charge in [0, 0.05) is 26.4 Å². The molecule has 2 rings (SSSR count). The van der Waals surface area contributed by atoms with E-state index in [1.165, 1.54) is 38.5 Å². The normalized spacial score (nSPS) is 29.5. The first-order chi connectivity index (χ1) is 6.41. The van der Waals surface area contributed by atoms with Crippen LogP contribution < -0.4 is 0 Å². The van der Waals surface area contributed by atoms with E-state index in [0.717, 1.165) is 26.4 Å². The third kappa shape index (κ3) is 2.44. The first-order valence-electron chi connectivity index (χ1n) is 5.57. The first kappa shape index (κ1) is 9.47. The monoisotopic (exact) mass is 184 g/mol. The Morgan fingerprint density at radius 1 is 0.615 bits per heavy atom. The topological polar surface area (TPSA) is 18.5 Å². The van der Waals surface area contributed by atoms with Crippen molar-refractivity contribution in [2.75, 3.05) is 26.4 Å². The van der Waals surface area contributed by atoms with Gasteiger partial charge in [0.25, 0.3) is 0 Å². The Hall–Kier alpha value is -0.0800. The molecule has 0 atom stereocenters. The van der Waals surface area contributed by atoms with Gasteiger partial charge in [0.2, 0.25) is 0 Å². The average Bonchev–Trinajstić information content (AvgIpc) is 2.50. The van der Waals surface area contributed by atoms with Gasteiger partial charge in [-0.05, 0) is 43.9 Å². The molecule has 0 aromatic rings. The smallest absolute Gasteiger partial charge is 0.0471 e. The fourth-order valence-electron chi connectivity index (χ4n) is 2.63. The van der Waals surface area contributed by atoms with Crippen molar-refractivity contribution in [1.29, 1.82) is 0 Å². The molecule has 2 saturated heterocycles. The van der Waals surface area contributed by atoms with Gasteiger partial charge < -0.3 is 9.47 Å². The molecule has 2 aliphatic rings. The average molecular weight is 184 g/mol. The van der Waals surface area contributed by atoms with E-state index < -0.39 is 0 Å². The zero-order valence-corrected chi connectivity index (χ0v) is 8.39. The van der Waals surface area contributed by atoms with Gasteiger partial charge in [0.1, 0.15) is 0 Å². The molecule has 0 amide bonds. The molecule has 2 nitrogen and oxygen atoms in total. The Morgan fingerprint density at radius 2 is 1.15 bits per heavy atom. The Bertz CT molecular complexity index is 119. The van der Waals surface area contributed by atoms with Crippen molar-refractivity contribution >= 4 is 0 Å². The van der Waals surface area contributed by atoms with Crippen molar-refractivity contribution in [3.8, 4) is 0 Å². The van der Waals surface area contributed by atoms with Crippen molar-refractivity contribution < 1.29 is 9.47 Å². The molecule has 2 heteroatoms. The fraction of sp³-hybridized carbons (Fsp3) is 1.00. The predicted octanol–water partition coefficient (Wildman–Crippen LogP) is 2.37. The summed E-state index contributed by atoms with van der Waals surface area (Å²) in [6, 6.07) is 0. The van der Waals surface area contributed by atoms with Crippen LogP contribution in [0.15, 0.2) is 0 Å². The van der Waals surface area contributed by atoms with Gasteiger partial charge in [-0.25, -0.2) is 0 Å². The fourth-order valence-corrected chi connectivity index (χ4v) is 2.63. The summed E-state index contributed by atoms with van der Waals surface area (Å²) in [5, 5.41) is 0. The number of ether oxygens (including phenoxy) is 2. The van der Waals surface area contributed by atoms with Crippen LogP contribution >= 0.6 is 0 Å². The van der Waals surface area contributed by atoms with E-state index in [2.05, 4.69) is 0 Å². The number of rotatable bonds is 0. The SMILES string of the molecule is C1COCCC2(C1)CCCOCC2. The molecule has 76 valence electrons. The van der Waals surface area contributed by atoms with Crippen LogP contribution in [-0.2, 0) is 9.47 Å². The first-order valence-corrected chi connectivity index (χ1v) is 5.57. The highest BCUT2D eigenvalue weighted by molar-refractivity contribution is 4.82. The van der Waals surface area contributed by atoms with E-state index >= 15 is 0 Å². The number of hydrogen-bond acceptors (Lipinski definition) is 2. The van der Waals surface area contributed by atoms with Crippen molar-refractivity contribution in [3.63, 3.8) is 0 Å². The second-order valence-corrected chi connectivity index (χ2v) is 4.43. The van der Waals surface area contributed by atoms with E-state index in [-0.39, 0.29) is 0 Å². The van der Waals surface area contributed by atoms with Crippen LogP contribution in [0.3, 0.4) is 0 Å². The molecule has 0 N–H and O–H groups in total. The van der Waals surface area contributed by atoms with E-state index in [9.17, 15) is 0 Å². The van der Waals surface area contributed by atoms with E-state index in [1.807, 2.05) is 0 Å². The van der Waals surface area contributed by atoms with Crippen LogP contribution in [-0.4, -0.2) is 26.4 Å². The highest BCUT2D eigenvalue weighted by Gasteiger charge is 2.31. The summed E-state index contributed by atoms with van der Waals surface area (Å²) in [4.78, 5) is 0. The van der Waals surface area contributed by atoms with Crippen LogP contribution in [0.1, 0.15) is 38.5 Å². The molecule has 13 heavy (non-hydrogen) atoms. The minimum atomic E-state index is 0.576. The molecule has 2 heterocycles. The molecule has 0 unspecified atom stereocenters. The molecular weight excluding hydrogens is 164 g/mol. The maximum Gasteiger partial charge on any atom is 0.0471 e. The number of hydrogen-bond donors (Lipinski definition) is 0. The third-order valence-electron chi connectivity index (χ3n) is 3.55. The van der Waals surface area contributed by atoms with Crippen LogP contribution in [0.25, 0.3) is 0 Å². The Kier molecular flexibility index (Phi) is 3.23. The van der Waals surface area contributed by atoms with Crippen molar-refractivity contribution in [2.24, 2.45) is 5.41 Å². The lowest BCUT2D eigenvalue weighted by Gasteiger charge is -2.30. The molecular formula is C11H20O2. The molecule has 0 aromatic carbocycles. The van der Waals surface area contributed by atoms with Gasteiger partial charge in [0.15, 0.2) is 0 Å². The van der Waals surface area contributed by atoms with E-state index in [4.69, 9.17) is 9.47 Å². The second kappa shape index (κ2) is 4.43. The summed E-state index contributed by atoms with van der Waals surface area (Å²) in [5.74, 6) is 0. The van der Waals surface area contributed by atoms with Crippen LogP contribution in [0.4, 0.5) is 0 Å². The van der Waals surface area contributed by atoms with Gasteiger partial charge in [-0.1, -0.05) is 0 Å². The molecule has 2 aliphatic heterocycles. The van der Waals surface area contributed by atoms with Crippen LogP contribution in [0.2, 0.25) is 0 Å². The van der Waals surface area contributed by atoms with Crippen molar-refractivity contribution in [3.05, 3.63) is 0 Å². The molecule has 1 spiro atoms. The molecule has 0 aromatic heterocycles. The van der Waals surface area contributed by atoms with Gasteiger partial charge in [0.05, 0.1) is 0 Å². The zero-order chi connectivity index (χ0) is 8.99. The Morgan fingerprint density at radius 3 is 1.69 bits per heavy atom. The molecule has 0 bridgehead atoms. The maximum absolute atomic E-state index is 5.52. The highest BCUT2D eigenvalue weighted by Crippen LogP contribution is 2.40. The quantitative estimate of drug-likeness (QED) is 0.575. The summed E-state index contributed by atoms with van der Waals surface area (Å²) < 4.78 is 11.0. The summed E-state index contributed by atoms with van der Waals surface area (Å²) in [5.41, 5.74) is 0.576. The van der Waals surface area contributed by atoms with Crippen molar-refractivity contribution in [2.45, 2.75) is 38.5 Å². The van der Waals surface area contributed by atoms with E-state index in [0.29, 0.717) is 5.41 Å². The predicted molar refractivity (Wildman–Crippen MR) is 51.8 cm³/mol. The largest absolute Gasteiger partial charge is 0.381 e. The molecule has 0 saturated carbocycles. The maximum atomic E-state index is 5.52. The second-order valence-electron chi connectivity index (χ2n) is 4.43. The molecule has 2 fully saturated rings.